The van der Waals surface area contributed by atoms with Crippen molar-refractivity contribution in [2.24, 2.45) is 0 Å². The fourth-order valence-corrected chi connectivity index (χ4v) is 2.73. The molecule has 27 heavy (non-hydrogen) atoms. The lowest BCUT2D eigenvalue weighted by Gasteiger charge is -2.21. The molecule has 1 heterocycles. The van der Waals surface area contributed by atoms with Crippen molar-refractivity contribution in [3.8, 4) is 5.75 Å². The van der Waals surface area contributed by atoms with E-state index in [0.717, 1.165) is 17.1 Å². The quantitative estimate of drug-likeness (QED) is 0.712. The van der Waals surface area contributed by atoms with Gasteiger partial charge in [0.25, 0.3) is 5.91 Å². The number of hydrogen-bond donors (Lipinski definition) is 1. The Bertz CT molecular complexity index is 911. The van der Waals surface area contributed by atoms with E-state index in [1.165, 1.54) is 0 Å². The van der Waals surface area contributed by atoms with Gasteiger partial charge in [0.1, 0.15) is 11.4 Å². The molecule has 6 heteroatoms. The normalized spacial score (nSPS) is 10.3. The highest BCUT2D eigenvalue weighted by molar-refractivity contribution is 6.05. The molecule has 0 unspecified atom stereocenters. The molecule has 0 atom stereocenters. The molecule has 0 saturated carbocycles. The summed E-state index contributed by atoms with van der Waals surface area (Å²) in [7, 11) is 1.62. The van der Waals surface area contributed by atoms with E-state index < -0.39 is 0 Å². The first kappa shape index (κ1) is 18.4. The molecule has 1 aromatic heterocycles. The molecule has 0 aliphatic carbocycles. The van der Waals surface area contributed by atoms with Crippen molar-refractivity contribution >= 4 is 23.2 Å². The summed E-state index contributed by atoms with van der Waals surface area (Å²) in [6, 6.07) is 18.7. The van der Waals surface area contributed by atoms with Crippen LogP contribution in [0.2, 0.25) is 0 Å². The number of aryl methyl sites for hydroxylation is 1. The highest BCUT2D eigenvalue weighted by Gasteiger charge is 2.18. The van der Waals surface area contributed by atoms with E-state index in [1.807, 2.05) is 68.4 Å². The predicted octanol–water partition coefficient (Wildman–Crippen LogP) is 4.20. The fraction of sp³-hybridized carbons (Fsp3) is 0.190. The van der Waals surface area contributed by atoms with Crippen LogP contribution in [0.4, 0.5) is 17.3 Å². The topological polar surface area (TPSA) is 67.4 Å². The van der Waals surface area contributed by atoms with E-state index in [0.29, 0.717) is 23.9 Å². The van der Waals surface area contributed by atoms with Crippen LogP contribution in [0.5, 0.6) is 5.75 Å². The van der Waals surface area contributed by atoms with Crippen LogP contribution in [-0.4, -0.2) is 29.5 Å². The van der Waals surface area contributed by atoms with Gasteiger partial charge in [-0.3, -0.25) is 4.79 Å². The Morgan fingerprint density at radius 2 is 1.78 bits per heavy atom. The third-order valence-electron chi connectivity index (χ3n) is 4.05. The van der Waals surface area contributed by atoms with Gasteiger partial charge in [-0.2, -0.15) is 0 Å². The van der Waals surface area contributed by atoms with E-state index in [2.05, 4.69) is 15.3 Å². The Morgan fingerprint density at radius 3 is 2.41 bits per heavy atom. The lowest BCUT2D eigenvalue weighted by Crippen LogP contribution is -2.31. The van der Waals surface area contributed by atoms with Gasteiger partial charge in [-0.15, -0.1) is 0 Å². The van der Waals surface area contributed by atoms with Gasteiger partial charge in [0.15, 0.2) is 0 Å². The molecular formula is C21H22N4O2. The van der Waals surface area contributed by atoms with Crippen LogP contribution in [0, 0.1) is 6.92 Å². The standard InChI is InChI=1S/C21H22N4O2/c1-4-25(17-8-6-5-7-9-17)20(26)19-14-15(2)22-21(24-19)23-16-10-12-18(27-3)13-11-16/h5-14H,4H2,1-3H3,(H,22,23,24). The predicted molar refractivity (Wildman–Crippen MR) is 107 cm³/mol. The molecule has 0 radical (unpaired) electrons. The third kappa shape index (κ3) is 4.41. The number of ether oxygens (including phenoxy) is 1. The number of methoxy groups -OCH3 is 1. The van der Waals surface area contributed by atoms with Crippen LogP contribution in [0.15, 0.2) is 60.7 Å². The number of rotatable bonds is 6. The molecule has 0 aliphatic rings. The molecule has 2 aromatic carbocycles. The average molecular weight is 362 g/mol. The minimum absolute atomic E-state index is 0.160. The fourth-order valence-electron chi connectivity index (χ4n) is 2.73. The number of carbonyl (C=O) groups is 1. The molecule has 0 fully saturated rings. The molecular weight excluding hydrogens is 340 g/mol. The molecule has 0 spiro atoms. The van der Waals surface area contributed by atoms with E-state index in [9.17, 15) is 4.79 Å². The lowest BCUT2D eigenvalue weighted by molar-refractivity contribution is 0.0983. The number of para-hydroxylation sites is 1. The summed E-state index contributed by atoms with van der Waals surface area (Å²) in [5.41, 5.74) is 2.72. The van der Waals surface area contributed by atoms with Crippen molar-refractivity contribution in [2.45, 2.75) is 13.8 Å². The smallest absolute Gasteiger partial charge is 0.277 e. The number of anilines is 3. The molecule has 138 valence electrons. The van der Waals surface area contributed by atoms with Gasteiger partial charge in [0.2, 0.25) is 5.95 Å². The highest BCUT2D eigenvalue weighted by Crippen LogP contribution is 2.20. The Hall–Kier alpha value is -3.41. The van der Waals surface area contributed by atoms with Gasteiger partial charge in [-0.1, -0.05) is 18.2 Å². The minimum Gasteiger partial charge on any atom is -0.497 e. The molecule has 0 aliphatic heterocycles. The summed E-state index contributed by atoms with van der Waals surface area (Å²) in [5.74, 6) is 0.989. The van der Waals surface area contributed by atoms with Crippen LogP contribution in [-0.2, 0) is 0 Å². The monoisotopic (exact) mass is 362 g/mol. The number of hydrogen-bond acceptors (Lipinski definition) is 5. The van der Waals surface area contributed by atoms with E-state index in [4.69, 9.17) is 4.74 Å². The van der Waals surface area contributed by atoms with Crippen LogP contribution < -0.4 is 15.0 Å². The maximum Gasteiger partial charge on any atom is 0.277 e. The Morgan fingerprint density at radius 1 is 1.07 bits per heavy atom. The lowest BCUT2D eigenvalue weighted by atomic mass is 10.2. The van der Waals surface area contributed by atoms with Gasteiger partial charge in [0.05, 0.1) is 7.11 Å². The second-order valence-corrected chi connectivity index (χ2v) is 5.96. The summed E-state index contributed by atoms with van der Waals surface area (Å²) < 4.78 is 5.16. The van der Waals surface area contributed by atoms with Crippen LogP contribution >= 0.6 is 0 Å². The average Bonchev–Trinajstić information content (AvgIpc) is 2.69. The van der Waals surface area contributed by atoms with Crippen molar-refractivity contribution in [3.05, 3.63) is 72.1 Å². The zero-order chi connectivity index (χ0) is 19.2. The largest absolute Gasteiger partial charge is 0.497 e. The van der Waals surface area contributed by atoms with E-state index in [1.54, 1.807) is 18.1 Å². The Kier molecular flexibility index (Phi) is 5.66. The summed E-state index contributed by atoms with van der Waals surface area (Å²) in [6.07, 6.45) is 0. The van der Waals surface area contributed by atoms with Crippen molar-refractivity contribution in [2.75, 3.05) is 23.9 Å². The second kappa shape index (κ2) is 8.31. The van der Waals surface area contributed by atoms with Crippen molar-refractivity contribution in [3.63, 3.8) is 0 Å². The minimum atomic E-state index is -0.160. The van der Waals surface area contributed by atoms with Crippen molar-refractivity contribution in [1.29, 1.82) is 0 Å². The van der Waals surface area contributed by atoms with Gasteiger partial charge in [0, 0.05) is 23.6 Å². The van der Waals surface area contributed by atoms with Crippen LogP contribution in [0.1, 0.15) is 23.1 Å². The molecule has 3 aromatic rings. The number of nitrogens with one attached hydrogen (secondary N) is 1. The number of amides is 1. The van der Waals surface area contributed by atoms with Crippen molar-refractivity contribution in [1.82, 2.24) is 9.97 Å². The van der Waals surface area contributed by atoms with E-state index in [-0.39, 0.29) is 5.91 Å². The Balaban J connectivity index is 1.86. The Labute approximate surface area is 158 Å². The summed E-state index contributed by atoms with van der Waals surface area (Å²) in [5, 5.41) is 3.14. The van der Waals surface area contributed by atoms with Gasteiger partial charge < -0.3 is 15.0 Å². The van der Waals surface area contributed by atoms with Gasteiger partial charge in [-0.05, 0) is 56.3 Å². The summed E-state index contributed by atoms with van der Waals surface area (Å²) >= 11 is 0. The van der Waals surface area contributed by atoms with Crippen LogP contribution in [0.3, 0.4) is 0 Å². The highest BCUT2D eigenvalue weighted by atomic mass is 16.5. The zero-order valence-electron chi connectivity index (χ0n) is 15.6. The van der Waals surface area contributed by atoms with Gasteiger partial charge in [-0.25, -0.2) is 9.97 Å². The molecule has 0 saturated heterocycles. The number of benzene rings is 2. The molecule has 0 bridgehead atoms. The first-order chi connectivity index (χ1) is 13.1. The first-order valence-corrected chi connectivity index (χ1v) is 8.74. The summed E-state index contributed by atoms with van der Waals surface area (Å²) in [6.45, 7) is 4.33. The zero-order valence-corrected chi connectivity index (χ0v) is 15.6. The maximum atomic E-state index is 13.0. The molecule has 1 N–H and O–H groups in total. The number of carbonyl (C=O) groups excluding carboxylic acids is 1. The van der Waals surface area contributed by atoms with Crippen molar-refractivity contribution < 1.29 is 9.53 Å². The molecule has 1 amide bonds. The second-order valence-electron chi connectivity index (χ2n) is 5.96. The summed E-state index contributed by atoms with van der Waals surface area (Å²) in [4.78, 5) is 23.5. The molecule has 3 rings (SSSR count). The number of nitrogens with zero attached hydrogens (tertiary/aromatic N) is 3. The first-order valence-electron chi connectivity index (χ1n) is 8.74. The van der Waals surface area contributed by atoms with Crippen LogP contribution in [0.25, 0.3) is 0 Å². The third-order valence-corrected chi connectivity index (χ3v) is 4.05. The SMILES string of the molecule is CCN(C(=O)c1cc(C)nc(Nc2ccc(OC)cc2)n1)c1ccccc1. The number of aromatic nitrogens is 2. The van der Waals surface area contributed by atoms with Gasteiger partial charge >= 0.3 is 0 Å². The molecule has 6 nitrogen and oxygen atoms in total. The van der Waals surface area contributed by atoms with E-state index >= 15 is 0 Å². The maximum absolute atomic E-state index is 13.0.